The minimum Gasteiger partial charge on any atom is -0.273 e. The number of thioether (sulfide) groups is 1. The monoisotopic (exact) mass is 299 g/mol. The lowest BCUT2D eigenvalue weighted by Crippen LogP contribution is -2.21. The van der Waals surface area contributed by atoms with Gasteiger partial charge in [-0.15, -0.1) is 0 Å². The molecule has 1 aromatic carbocycles. The second kappa shape index (κ2) is 6.96. The van der Waals surface area contributed by atoms with E-state index in [0.717, 1.165) is 27.8 Å². The molecular weight excluding hydrogens is 282 g/mol. The van der Waals surface area contributed by atoms with Gasteiger partial charge in [0.05, 0.1) is 0 Å². The molecule has 0 aliphatic rings. The summed E-state index contributed by atoms with van der Waals surface area (Å²) in [6.07, 6.45) is 0. The standard InChI is InChI=1S/C14H18ClNO2S/c1-8(2)10-6-5-7-11(9(3)4)12(10)19-14(18)16-13(15)17/h5-9H,1-4H3,(H,16,17,18). The number of amides is 2. The van der Waals surface area contributed by atoms with Crippen LogP contribution in [0.4, 0.5) is 9.59 Å². The van der Waals surface area contributed by atoms with Gasteiger partial charge >= 0.3 is 5.37 Å². The van der Waals surface area contributed by atoms with E-state index in [4.69, 9.17) is 11.6 Å². The van der Waals surface area contributed by atoms with E-state index in [1.54, 1.807) is 0 Å². The molecule has 0 aliphatic carbocycles. The minimum absolute atomic E-state index is 0.306. The Morgan fingerprint density at radius 1 is 1.11 bits per heavy atom. The van der Waals surface area contributed by atoms with Crippen LogP contribution in [0.25, 0.3) is 0 Å². The summed E-state index contributed by atoms with van der Waals surface area (Å²) in [5.74, 6) is 0.612. The van der Waals surface area contributed by atoms with E-state index in [1.807, 2.05) is 18.2 Å². The maximum atomic E-state index is 11.7. The molecule has 3 nitrogen and oxygen atoms in total. The molecule has 0 unspecified atom stereocenters. The van der Waals surface area contributed by atoms with Crippen molar-refractivity contribution in [3.8, 4) is 0 Å². The highest BCUT2D eigenvalue weighted by Gasteiger charge is 2.18. The van der Waals surface area contributed by atoms with Crippen molar-refractivity contribution in [2.24, 2.45) is 0 Å². The van der Waals surface area contributed by atoms with Gasteiger partial charge in [0, 0.05) is 4.90 Å². The van der Waals surface area contributed by atoms with E-state index >= 15 is 0 Å². The SMILES string of the molecule is CC(C)c1cccc(C(C)C)c1SC(=O)NC(=O)Cl. The van der Waals surface area contributed by atoms with Gasteiger partial charge in [-0.2, -0.15) is 0 Å². The van der Waals surface area contributed by atoms with Crippen LogP contribution in [0.2, 0.25) is 0 Å². The zero-order chi connectivity index (χ0) is 14.6. The fourth-order valence-corrected chi connectivity index (χ4v) is 3.11. The number of hydrogen-bond donors (Lipinski definition) is 1. The van der Waals surface area contributed by atoms with E-state index in [0.29, 0.717) is 11.8 Å². The number of imide groups is 1. The molecule has 5 heteroatoms. The lowest BCUT2D eigenvalue weighted by atomic mass is 9.95. The fourth-order valence-electron chi connectivity index (χ4n) is 1.80. The highest BCUT2D eigenvalue weighted by atomic mass is 35.5. The Hall–Kier alpha value is -1.000. The Labute approximate surface area is 123 Å². The first-order valence-electron chi connectivity index (χ1n) is 6.14. The van der Waals surface area contributed by atoms with E-state index in [-0.39, 0.29) is 0 Å². The predicted octanol–water partition coefficient (Wildman–Crippen LogP) is 5.09. The van der Waals surface area contributed by atoms with E-state index in [9.17, 15) is 9.59 Å². The Morgan fingerprint density at radius 3 is 1.95 bits per heavy atom. The van der Waals surface area contributed by atoms with Crippen molar-refractivity contribution in [3.63, 3.8) is 0 Å². The van der Waals surface area contributed by atoms with Gasteiger partial charge < -0.3 is 0 Å². The van der Waals surface area contributed by atoms with Gasteiger partial charge in [-0.3, -0.25) is 14.9 Å². The Bertz CT molecular complexity index is 460. The van der Waals surface area contributed by atoms with Gasteiger partial charge in [-0.25, -0.2) is 0 Å². The fraction of sp³-hybridized carbons (Fsp3) is 0.429. The van der Waals surface area contributed by atoms with E-state index in [2.05, 4.69) is 33.0 Å². The average molecular weight is 300 g/mol. The maximum absolute atomic E-state index is 11.7. The van der Waals surface area contributed by atoms with Crippen LogP contribution >= 0.6 is 23.4 Å². The zero-order valence-electron chi connectivity index (χ0n) is 11.5. The number of rotatable bonds is 3. The van der Waals surface area contributed by atoms with Crippen LogP contribution in [0, 0.1) is 0 Å². The normalized spacial score (nSPS) is 10.9. The predicted molar refractivity (Wildman–Crippen MR) is 80.3 cm³/mol. The molecule has 0 saturated carbocycles. The topological polar surface area (TPSA) is 46.2 Å². The molecule has 1 N–H and O–H groups in total. The van der Waals surface area contributed by atoms with Crippen molar-refractivity contribution in [1.82, 2.24) is 5.32 Å². The second-order valence-electron chi connectivity index (χ2n) is 4.86. The van der Waals surface area contributed by atoms with Gasteiger partial charge in [-0.05, 0) is 46.3 Å². The lowest BCUT2D eigenvalue weighted by Gasteiger charge is -2.18. The minimum atomic E-state index is -0.856. The van der Waals surface area contributed by atoms with Crippen molar-refractivity contribution in [2.45, 2.75) is 44.4 Å². The number of halogens is 1. The van der Waals surface area contributed by atoms with Crippen molar-refractivity contribution < 1.29 is 9.59 Å². The molecule has 0 radical (unpaired) electrons. The Morgan fingerprint density at radius 2 is 1.58 bits per heavy atom. The first-order valence-corrected chi connectivity index (χ1v) is 7.33. The molecule has 19 heavy (non-hydrogen) atoms. The molecule has 0 saturated heterocycles. The maximum Gasteiger partial charge on any atom is 0.321 e. The molecule has 0 heterocycles. The van der Waals surface area contributed by atoms with Crippen LogP contribution in [0.15, 0.2) is 23.1 Å². The van der Waals surface area contributed by atoms with E-state index < -0.39 is 10.6 Å². The lowest BCUT2D eigenvalue weighted by molar-refractivity contribution is 0.250. The van der Waals surface area contributed by atoms with Crippen LogP contribution in [-0.4, -0.2) is 10.6 Å². The summed E-state index contributed by atoms with van der Waals surface area (Å²) in [6, 6.07) is 6.02. The van der Waals surface area contributed by atoms with Crippen LogP contribution in [-0.2, 0) is 0 Å². The Balaban J connectivity index is 3.14. The average Bonchev–Trinajstić information content (AvgIpc) is 2.27. The summed E-state index contributed by atoms with van der Waals surface area (Å²) in [7, 11) is 0. The van der Waals surface area contributed by atoms with Crippen molar-refractivity contribution in [1.29, 1.82) is 0 Å². The van der Waals surface area contributed by atoms with Crippen molar-refractivity contribution in [3.05, 3.63) is 29.3 Å². The highest BCUT2D eigenvalue weighted by Crippen LogP contribution is 2.35. The van der Waals surface area contributed by atoms with Crippen molar-refractivity contribution in [2.75, 3.05) is 0 Å². The van der Waals surface area contributed by atoms with Crippen LogP contribution < -0.4 is 5.32 Å². The smallest absolute Gasteiger partial charge is 0.273 e. The van der Waals surface area contributed by atoms with Crippen LogP contribution in [0.5, 0.6) is 0 Å². The molecule has 0 atom stereocenters. The summed E-state index contributed by atoms with van der Waals surface area (Å²) in [6.45, 7) is 8.31. The summed E-state index contributed by atoms with van der Waals surface area (Å²) in [5, 5.41) is 0.769. The number of carbonyl (C=O) groups excluding carboxylic acids is 2. The summed E-state index contributed by atoms with van der Waals surface area (Å²) < 4.78 is 0. The highest BCUT2D eigenvalue weighted by molar-refractivity contribution is 8.13. The molecule has 1 aromatic rings. The quantitative estimate of drug-likeness (QED) is 0.480. The van der Waals surface area contributed by atoms with E-state index in [1.165, 1.54) is 0 Å². The molecule has 0 aliphatic heterocycles. The molecule has 104 valence electrons. The number of nitrogens with one attached hydrogen (secondary N) is 1. The third kappa shape index (κ3) is 4.55. The third-order valence-electron chi connectivity index (χ3n) is 2.72. The van der Waals surface area contributed by atoms with Crippen LogP contribution in [0.1, 0.15) is 50.7 Å². The van der Waals surface area contributed by atoms with Crippen molar-refractivity contribution >= 4 is 34.0 Å². The second-order valence-corrected chi connectivity index (χ2v) is 6.19. The molecule has 0 fully saturated rings. The third-order valence-corrected chi connectivity index (χ3v) is 3.77. The molecule has 0 spiro atoms. The van der Waals surface area contributed by atoms with Gasteiger partial charge in [-0.1, -0.05) is 45.9 Å². The molecule has 0 bridgehead atoms. The Kier molecular flexibility index (Phi) is 5.88. The van der Waals surface area contributed by atoms with Gasteiger partial charge in [0.1, 0.15) is 0 Å². The molecule has 2 amide bonds. The first-order chi connectivity index (χ1) is 8.82. The molecule has 1 rings (SSSR count). The van der Waals surface area contributed by atoms with Gasteiger partial charge in [0.2, 0.25) is 0 Å². The first kappa shape index (κ1) is 16.1. The number of hydrogen-bond acceptors (Lipinski definition) is 3. The summed E-state index contributed by atoms with van der Waals surface area (Å²) >= 11 is 6.19. The number of benzene rings is 1. The van der Waals surface area contributed by atoms with Crippen LogP contribution in [0.3, 0.4) is 0 Å². The molecular formula is C14H18ClNO2S. The van der Waals surface area contributed by atoms with Gasteiger partial charge in [0.25, 0.3) is 5.24 Å². The van der Waals surface area contributed by atoms with Gasteiger partial charge in [0.15, 0.2) is 0 Å². The molecule has 0 aromatic heterocycles. The largest absolute Gasteiger partial charge is 0.321 e. The zero-order valence-corrected chi connectivity index (χ0v) is 13.1. The number of carbonyl (C=O) groups is 2. The summed E-state index contributed by atoms with van der Waals surface area (Å²) in [5.41, 5.74) is 2.21. The summed E-state index contributed by atoms with van der Waals surface area (Å²) in [4.78, 5) is 23.3.